The average Bonchev–Trinajstić information content (AvgIpc) is 3.02. The van der Waals surface area contributed by atoms with E-state index in [4.69, 9.17) is 16.7 Å². The van der Waals surface area contributed by atoms with Crippen molar-refractivity contribution in [1.29, 1.82) is 0 Å². The standard InChI is InChI=1S/C17H16ClN3O6S2/c1-28(24,25)9-11-2-4-12(18)7-15(11)29(26,27)19-8-16-20-13-5-3-10(17(22)23)6-14(13)21-16/h2-7,19H,8-9H2,1H3,(H,20,21)(H,22,23). The van der Waals surface area contributed by atoms with E-state index >= 15 is 0 Å². The molecule has 3 N–H and O–H groups in total. The van der Waals surface area contributed by atoms with E-state index in [2.05, 4.69) is 14.7 Å². The van der Waals surface area contributed by atoms with Gasteiger partial charge in [0.15, 0.2) is 9.84 Å². The van der Waals surface area contributed by atoms with Crippen molar-refractivity contribution in [1.82, 2.24) is 14.7 Å². The lowest BCUT2D eigenvalue weighted by Crippen LogP contribution is -2.25. The van der Waals surface area contributed by atoms with Gasteiger partial charge in [-0.2, -0.15) is 0 Å². The Bertz CT molecular complexity index is 1320. The highest BCUT2D eigenvalue weighted by molar-refractivity contribution is 7.90. The fourth-order valence-electron chi connectivity index (χ4n) is 2.70. The number of benzene rings is 2. The third-order valence-electron chi connectivity index (χ3n) is 3.94. The lowest BCUT2D eigenvalue weighted by molar-refractivity contribution is 0.0697. The van der Waals surface area contributed by atoms with Crippen LogP contribution >= 0.6 is 11.6 Å². The number of hydrogen-bond donors (Lipinski definition) is 3. The minimum Gasteiger partial charge on any atom is -0.478 e. The molecule has 0 aliphatic heterocycles. The summed E-state index contributed by atoms with van der Waals surface area (Å²) >= 11 is 5.90. The van der Waals surface area contributed by atoms with E-state index in [1.54, 1.807) is 0 Å². The lowest BCUT2D eigenvalue weighted by atomic mass is 10.2. The first-order chi connectivity index (χ1) is 13.4. The largest absolute Gasteiger partial charge is 0.478 e. The second-order valence-corrected chi connectivity index (χ2v) is 10.7. The van der Waals surface area contributed by atoms with Gasteiger partial charge in [-0.05, 0) is 35.9 Å². The molecule has 0 spiro atoms. The first kappa shape index (κ1) is 21.2. The molecule has 0 aliphatic rings. The zero-order valence-electron chi connectivity index (χ0n) is 15.0. The van der Waals surface area contributed by atoms with Crippen molar-refractivity contribution in [3.63, 3.8) is 0 Å². The average molecular weight is 458 g/mol. The van der Waals surface area contributed by atoms with Crippen LogP contribution in [0.1, 0.15) is 21.7 Å². The number of hydrogen-bond acceptors (Lipinski definition) is 6. The molecule has 0 unspecified atom stereocenters. The molecule has 0 fully saturated rings. The van der Waals surface area contributed by atoms with Crippen molar-refractivity contribution in [3.05, 3.63) is 58.4 Å². The van der Waals surface area contributed by atoms with E-state index in [0.717, 1.165) is 6.26 Å². The minimum atomic E-state index is -4.10. The Hall–Kier alpha value is -2.47. The summed E-state index contributed by atoms with van der Waals surface area (Å²) < 4.78 is 51.1. The predicted octanol–water partition coefficient (Wildman–Crippen LogP) is 1.94. The van der Waals surface area contributed by atoms with Crippen LogP contribution in [0, 0.1) is 0 Å². The Morgan fingerprint density at radius 2 is 1.90 bits per heavy atom. The molecule has 0 atom stereocenters. The normalized spacial score (nSPS) is 12.3. The summed E-state index contributed by atoms with van der Waals surface area (Å²) in [5.41, 5.74) is 1.09. The van der Waals surface area contributed by atoms with E-state index in [0.29, 0.717) is 11.0 Å². The summed E-state index contributed by atoms with van der Waals surface area (Å²) in [6, 6.07) is 8.25. The van der Waals surface area contributed by atoms with Gasteiger partial charge in [-0.15, -0.1) is 0 Å². The molecule has 0 radical (unpaired) electrons. The maximum atomic E-state index is 12.7. The Labute approximate surface area is 171 Å². The topological polar surface area (TPSA) is 146 Å². The summed E-state index contributed by atoms with van der Waals surface area (Å²) in [4.78, 5) is 17.9. The van der Waals surface area contributed by atoms with Gasteiger partial charge >= 0.3 is 5.97 Å². The number of sulfone groups is 1. The Kier molecular flexibility index (Phi) is 5.68. The van der Waals surface area contributed by atoms with Crippen LogP contribution in [0.2, 0.25) is 5.02 Å². The van der Waals surface area contributed by atoms with Crippen LogP contribution in [-0.2, 0) is 32.2 Å². The maximum Gasteiger partial charge on any atom is 0.335 e. The molecule has 2 aromatic carbocycles. The van der Waals surface area contributed by atoms with E-state index in [-0.39, 0.29) is 33.4 Å². The van der Waals surface area contributed by atoms with Crippen molar-refractivity contribution in [2.45, 2.75) is 17.2 Å². The highest BCUT2D eigenvalue weighted by Gasteiger charge is 2.22. The van der Waals surface area contributed by atoms with Crippen molar-refractivity contribution in [3.8, 4) is 0 Å². The molecule has 29 heavy (non-hydrogen) atoms. The third kappa shape index (κ3) is 5.12. The second-order valence-electron chi connectivity index (χ2n) is 6.37. The first-order valence-corrected chi connectivity index (χ1v) is 12.0. The van der Waals surface area contributed by atoms with Gasteiger partial charge in [0, 0.05) is 11.3 Å². The van der Waals surface area contributed by atoms with Gasteiger partial charge in [-0.1, -0.05) is 17.7 Å². The number of nitrogens with one attached hydrogen (secondary N) is 2. The van der Waals surface area contributed by atoms with Crippen LogP contribution in [-0.4, -0.2) is 44.1 Å². The molecule has 0 amide bonds. The molecular formula is C17H16ClN3O6S2. The number of halogens is 1. The highest BCUT2D eigenvalue weighted by Crippen LogP contribution is 2.23. The van der Waals surface area contributed by atoms with Crippen molar-refractivity contribution >= 4 is 48.5 Å². The first-order valence-electron chi connectivity index (χ1n) is 8.12. The van der Waals surface area contributed by atoms with Gasteiger partial charge in [0.2, 0.25) is 10.0 Å². The Morgan fingerprint density at radius 1 is 1.17 bits per heavy atom. The van der Waals surface area contributed by atoms with Gasteiger partial charge < -0.3 is 10.1 Å². The van der Waals surface area contributed by atoms with Gasteiger partial charge in [0.05, 0.1) is 33.8 Å². The molecule has 0 aliphatic carbocycles. The number of aromatic nitrogens is 2. The van der Waals surface area contributed by atoms with Crippen molar-refractivity contribution in [2.75, 3.05) is 6.26 Å². The summed E-state index contributed by atoms with van der Waals surface area (Å²) in [7, 11) is -7.57. The summed E-state index contributed by atoms with van der Waals surface area (Å²) in [6.45, 7) is -0.218. The molecule has 0 saturated carbocycles. The third-order valence-corrected chi connectivity index (χ3v) is 6.50. The number of carboxylic acids is 1. The fraction of sp³-hybridized carbons (Fsp3) is 0.176. The fourth-order valence-corrected chi connectivity index (χ4v) is 5.10. The molecule has 0 saturated heterocycles. The molecular weight excluding hydrogens is 442 g/mol. The SMILES string of the molecule is CS(=O)(=O)Cc1ccc(Cl)cc1S(=O)(=O)NCc1nc2ccc(C(=O)O)cc2[nH]1. The van der Waals surface area contributed by atoms with Crippen molar-refractivity contribution < 1.29 is 26.7 Å². The molecule has 12 heteroatoms. The quantitative estimate of drug-likeness (QED) is 0.491. The maximum absolute atomic E-state index is 12.7. The summed E-state index contributed by atoms with van der Waals surface area (Å²) in [6.07, 6.45) is 1.01. The van der Waals surface area contributed by atoms with Gasteiger partial charge in [-0.25, -0.2) is 31.3 Å². The van der Waals surface area contributed by atoms with Crippen LogP contribution in [0.4, 0.5) is 0 Å². The van der Waals surface area contributed by atoms with E-state index in [9.17, 15) is 21.6 Å². The molecule has 1 heterocycles. The minimum absolute atomic E-state index is 0.0672. The molecule has 0 bridgehead atoms. The molecule has 3 rings (SSSR count). The number of aromatic carboxylic acids is 1. The van der Waals surface area contributed by atoms with Crippen LogP contribution in [0.15, 0.2) is 41.3 Å². The number of sulfonamides is 1. The monoisotopic (exact) mass is 457 g/mol. The molecule has 1 aromatic heterocycles. The van der Waals surface area contributed by atoms with E-state index < -0.39 is 31.6 Å². The van der Waals surface area contributed by atoms with E-state index in [1.807, 2.05) is 0 Å². The predicted molar refractivity (Wildman–Crippen MR) is 107 cm³/mol. The molecule has 3 aromatic rings. The zero-order chi connectivity index (χ0) is 21.4. The van der Waals surface area contributed by atoms with Gasteiger partial charge in [0.25, 0.3) is 0 Å². The van der Waals surface area contributed by atoms with Gasteiger partial charge in [0.1, 0.15) is 5.82 Å². The number of carboxylic acid groups (broad SMARTS) is 1. The number of aromatic amines is 1. The van der Waals surface area contributed by atoms with Crippen LogP contribution in [0.5, 0.6) is 0 Å². The Balaban J connectivity index is 1.88. The second kappa shape index (κ2) is 7.75. The van der Waals surface area contributed by atoms with Crippen LogP contribution in [0.25, 0.3) is 11.0 Å². The highest BCUT2D eigenvalue weighted by atomic mass is 35.5. The molecule has 9 nitrogen and oxygen atoms in total. The number of fused-ring (bicyclic) bond motifs is 1. The van der Waals surface area contributed by atoms with Crippen molar-refractivity contribution in [2.24, 2.45) is 0 Å². The lowest BCUT2D eigenvalue weighted by Gasteiger charge is -2.11. The molecule has 154 valence electrons. The number of imidazole rings is 1. The smallest absolute Gasteiger partial charge is 0.335 e. The van der Waals surface area contributed by atoms with E-state index in [1.165, 1.54) is 36.4 Å². The van der Waals surface area contributed by atoms with Crippen LogP contribution < -0.4 is 4.72 Å². The Morgan fingerprint density at radius 3 is 2.55 bits per heavy atom. The number of carbonyl (C=O) groups is 1. The summed E-state index contributed by atoms with van der Waals surface area (Å²) in [5, 5.41) is 9.18. The van der Waals surface area contributed by atoms with Crippen LogP contribution in [0.3, 0.4) is 0 Å². The summed E-state index contributed by atoms with van der Waals surface area (Å²) in [5.74, 6) is -1.29. The zero-order valence-corrected chi connectivity index (χ0v) is 17.4. The van der Waals surface area contributed by atoms with Gasteiger partial charge in [-0.3, -0.25) is 0 Å². The number of H-pyrrole nitrogens is 1. The number of nitrogens with zero attached hydrogens (tertiary/aromatic N) is 1. The number of rotatable bonds is 7.